The molecule has 5 nitrogen and oxygen atoms in total. The topological polar surface area (TPSA) is 53.1 Å². The van der Waals surface area contributed by atoms with E-state index in [4.69, 9.17) is 9.26 Å². The normalized spacial score (nSPS) is 11.1. The van der Waals surface area contributed by atoms with Gasteiger partial charge in [0.05, 0.1) is 13.2 Å². The first-order valence-corrected chi connectivity index (χ1v) is 6.27. The van der Waals surface area contributed by atoms with E-state index in [-0.39, 0.29) is 0 Å². The van der Waals surface area contributed by atoms with Gasteiger partial charge in [-0.15, -0.1) is 0 Å². The second kappa shape index (κ2) is 4.76. The highest BCUT2D eigenvalue weighted by atomic mass is 16.5. The monoisotopic (exact) mass is 257 g/mol. The van der Waals surface area contributed by atoms with E-state index in [1.807, 2.05) is 31.3 Å². The molecule has 0 fully saturated rings. The van der Waals surface area contributed by atoms with Crippen molar-refractivity contribution in [2.24, 2.45) is 0 Å². The summed E-state index contributed by atoms with van der Waals surface area (Å²) < 4.78 is 12.6. The Kier molecular flexibility index (Phi) is 2.95. The molecule has 2 aromatic heterocycles. The predicted octanol–water partition coefficient (Wildman–Crippen LogP) is 2.78. The Hall–Kier alpha value is -2.30. The summed E-state index contributed by atoms with van der Waals surface area (Å²) >= 11 is 0. The maximum absolute atomic E-state index is 5.50. The molecule has 3 rings (SSSR count). The maximum Gasteiger partial charge on any atom is 0.223 e. The number of aromatic nitrogens is 3. The molecule has 1 aromatic carbocycles. The number of hydrogen-bond donors (Lipinski definition) is 0. The second-order valence-corrected chi connectivity index (χ2v) is 4.33. The molecule has 0 N–H and O–H groups in total. The molecule has 2 heterocycles. The molecule has 0 aliphatic carbocycles. The Morgan fingerprint density at radius 3 is 2.95 bits per heavy atom. The highest BCUT2D eigenvalue weighted by Gasteiger charge is 2.07. The molecule has 3 aromatic rings. The van der Waals surface area contributed by atoms with Crippen LogP contribution in [0.2, 0.25) is 0 Å². The van der Waals surface area contributed by atoms with Crippen LogP contribution >= 0.6 is 0 Å². The maximum atomic E-state index is 5.50. The van der Waals surface area contributed by atoms with Gasteiger partial charge in [0.1, 0.15) is 5.75 Å². The van der Waals surface area contributed by atoms with Gasteiger partial charge in [-0.1, -0.05) is 5.16 Å². The molecule has 0 aliphatic rings. The van der Waals surface area contributed by atoms with Crippen LogP contribution in [0.1, 0.15) is 18.6 Å². The molecule has 0 radical (unpaired) electrons. The van der Waals surface area contributed by atoms with E-state index in [1.165, 1.54) is 0 Å². The fraction of sp³-hybridized carbons (Fsp3) is 0.286. The van der Waals surface area contributed by atoms with E-state index in [1.54, 1.807) is 6.92 Å². The zero-order valence-electron chi connectivity index (χ0n) is 11.0. The minimum absolute atomic E-state index is 0.588. The molecule has 0 aliphatic heterocycles. The van der Waals surface area contributed by atoms with Gasteiger partial charge in [0.25, 0.3) is 0 Å². The van der Waals surface area contributed by atoms with Crippen LogP contribution < -0.4 is 4.74 Å². The van der Waals surface area contributed by atoms with Crippen molar-refractivity contribution in [3.05, 3.63) is 42.2 Å². The molecule has 0 bridgehead atoms. The third kappa shape index (κ3) is 2.31. The van der Waals surface area contributed by atoms with E-state index in [0.29, 0.717) is 24.9 Å². The first-order chi connectivity index (χ1) is 9.26. The first-order valence-electron chi connectivity index (χ1n) is 6.27. The van der Waals surface area contributed by atoms with Crippen LogP contribution in [-0.2, 0) is 6.54 Å². The quantitative estimate of drug-likeness (QED) is 0.721. The fourth-order valence-electron chi connectivity index (χ4n) is 2.13. The van der Waals surface area contributed by atoms with Gasteiger partial charge in [-0.05, 0) is 31.2 Å². The van der Waals surface area contributed by atoms with E-state index in [0.717, 1.165) is 16.7 Å². The Morgan fingerprint density at radius 1 is 1.32 bits per heavy atom. The molecule has 98 valence electrons. The Morgan fingerprint density at radius 2 is 2.21 bits per heavy atom. The van der Waals surface area contributed by atoms with Crippen molar-refractivity contribution in [3.63, 3.8) is 0 Å². The number of ether oxygens (including phenoxy) is 1. The number of nitrogens with zero attached hydrogens (tertiary/aromatic N) is 3. The van der Waals surface area contributed by atoms with Crippen LogP contribution in [-0.4, -0.2) is 21.3 Å². The van der Waals surface area contributed by atoms with Crippen LogP contribution in [0.4, 0.5) is 0 Å². The van der Waals surface area contributed by atoms with Gasteiger partial charge < -0.3 is 13.8 Å². The SMILES string of the molecule is CCOc1ccc2c(ccn2Cc2noc(C)n2)c1. The van der Waals surface area contributed by atoms with Gasteiger partial charge in [-0.25, -0.2) is 0 Å². The van der Waals surface area contributed by atoms with Crippen molar-refractivity contribution >= 4 is 10.9 Å². The van der Waals surface area contributed by atoms with Crippen LogP contribution in [0.25, 0.3) is 10.9 Å². The summed E-state index contributed by atoms with van der Waals surface area (Å²) in [5, 5.41) is 5.06. The van der Waals surface area contributed by atoms with Crippen molar-refractivity contribution in [3.8, 4) is 5.75 Å². The van der Waals surface area contributed by atoms with E-state index < -0.39 is 0 Å². The molecule has 5 heteroatoms. The van der Waals surface area contributed by atoms with Gasteiger partial charge in [0.2, 0.25) is 5.89 Å². The summed E-state index contributed by atoms with van der Waals surface area (Å²) in [7, 11) is 0. The number of rotatable bonds is 4. The molecule has 19 heavy (non-hydrogen) atoms. The van der Waals surface area contributed by atoms with Crippen molar-refractivity contribution < 1.29 is 9.26 Å². The van der Waals surface area contributed by atoms with Crippen LogP contribution in [0.5, 0.6) is 5.75 Å². The lowest BCUT2D eigenvalue weighted by atomic mass is 10.2. The summed E-state index contributed by atoms with van der Waals surface area (Å²) in [6.07, 6.45) is 2.02. The molecule has 0 saturated heterocycles. The standard InChI is InChI=1S/C14H15N3O2/c1-3-18-12-4-5-13-11(8-12)6-7-17(13)9-14-15-10(2)19-16-14/h4-8H,3,9H2,1-2H3. The molecule has 0 amide bonds. The smallest absolute Gasteiger partial charge is 0.223 e. The molecule has 0 atom stereocenters. The Labute approximate surface area is 110 Å². The summed E-state index contributed by atoms with van der Waals surface area (Å²) in [6, 6.07) is 8.12. The number of benzene rings is 1. The highest BCUT2D eigenvalue weighted by Crippen LogP contribution is 2.22. The molecular formula is C14H15N3O2. The zero-order valence-corrected chi connectivity index (χ0v) is 11.0. The molecular weight excluding hydrogens is 242 g/mol. The minimum Gasteiger partial charge on any atom is -0.494 e. The van der Waals surface area contributed by atoms with E-state index >= 15 is 0 Å². The second-order valence-electron chi connectivity index (χ2n) is 4.33. The van der Waals surface area contributed by atoms with Gasteiger partial charge in [0.15, 0.2) is 5.82 Å². The van der Waals surface area contributed by atoms with Crippen molar-refractivity contribution in [1.82, 2.24) is 14.7 Å². The molecule has 0 unspecified atom stereocenters. The van der Waals surface area contributed by atoms with Gasteiger partial charge >= 0.3 is 0 Å². The number of aryl methyl sites for hydroxylation is 1. The van der Waals surface area contributed by atoms with Crippen LogP contribution in [0.15, 0.2) is 35.0 Å². The van der Waals surface area contributed by atoms with E-state index in [2.05, 4.69) is 20.8 Å². The summed E-state index contributed by atoms with van der Waals surface area (Å²) in [4.78, 5) is 4.22. The third-order valence-corrected chi connectivity index (χ3v) is 2.93. The summed E-state index contributed by atoms with van der Waals surface area (Å²) in [5.74, 6) is 2.16. The van der Waals surface area contributed by atoms with Crippen molar-refractivity contribution in [2.75, 3.05) is 6.61 Å². The Bertz CT molecular complexity index is 700. The third-order valence-electron chi connectivity index (χ3n) is 2.93. The highest BCUT2D eigenvalue weighted by molar-refractivity contribution is 5.81. The van der Waals surface area contributed by atoms with E-state index in [9.17, 15) is 0 Å². The van der Waals surface area contributed by atoms with Crippen LogP contribution in [0, 0.1) is 6.92 Å². The van der Waals surface area contributed by atoms with Gasteiger partial charge in [0, 0.05) is 24.0 Å². The lowest BCUT2D eigenvalue weighted by Gasteiger charge is -2.04. The number of fused-ring (bicyclic) bond motifs is 1. The van der Waals surface area contributed by atoms with Crippen LogP contribution in [0.3, 0.4) is 0 Å². The number of hydrogen-bond acceptors (Lipinski definition) is 4. The largest absolute Gasteiger partial charge is 0.494 e. The lowest BCUT2D eigenvalue weighted by molar-refractivity contribution is 0.340. The molecule has 0 saturated carbocycles. The Balaban J connectivity index is 1.92. The van der Waals surface area contributed by atoms with Gasteiger partial charge in [-0.2, -0.15) is 4.98 Å². The summed E-state index contributed by atoms with van der Waals surface area (Å²) in [6.45, 7) is 5.05. The first kappa shape index (κ1) is 11.8. The zero-order chi connectivity index (χ0) is 13.2. The van der Waals surface area contributed by atoms with Gasteiger partial charge in [-0.3, -0.25) is 0 Å². The minimum atomic E-state index is 0.588. The lowest BCUT2D eigenvalue weighted by Crippen LogP contribution is -1.99. The average molecular weight is 257 g/mol. The predicted molar refractivity (Wildman–Crippen MR) is 71.2 cm³/mol. The fourth-order valence-corrected chi connectivity index (χ4v) is 2.13. The average Bonchev–Trinajstić information content (AvgIpc) is 2.97. The molecule has 0 spiro atoms. The summed E-state index contributed by atoms with van der Waals surface area (Å²) in [5.41, 5.74) is 1.13. The van der Waals surface area contributed by atoms with Crippen molar-refractivity contribution in [2.45, 2.75) is 20.4 Å². The van der Waals surface area contributed by atoms with Crippen molar-refractivity contribution in [1.29, 1.82) is 0 Å².